The number of ether oxygens (including phenoxy) is 2. The summed E-state index contributed by atoms with van der Waals surface area (Å²) in [4.78, 5) is 22.8. The lowest BCUT2D eigenvalue weighted by Gasteiger charge is -2.14. The number of aromatic hydroxyl groups is 1. The van der Waals surface area contributed by atoms with Crippen LogP contribution in [0.3, 0.4) is 0 Å². The van der Waals surface area contributed by atoms with Gasteiger partial charge in [0, 0.05) is 17.8 Å². The maximum atomic E-state index is 12.5. The minimum absolute atomic E-state index is 0.00482. The first-order valence-corrected chi connectivity index (χ1v) is 10.8. The van der Waals surface area contributed by atoms with Crippen molar-refractivity contribution in [3.05, 3.63) is 91.0 Å². The van der Waals surface area contributed by atoms with Crippen molar-refractivity contribution in [3.8, 4) is 23.3 Å². The van der Waals surface area contributed by atoms with Crippen molar-refractivity contribution in [2.24, 2.45) is 0 Å². The molecule has 0 radical (unpaired) electrons. The highest BCUT2D eigenvalue weighted by Gasteiger charge is 2.15. The average Bonchev–Trinajstić information content (AvgIpc) is 2.83. The molecule has 0 aliphatic rings. The van der Waals surface area contributed by atoms with Crippen molar-refractivity contribution in [2.75, 3.05) is 12.4 Å². The van der Waals surface area contributed by atoms with E-state index in [4.69, 9.17) is 9.47 Å². The fraction of sp³-hybridized carbons (Fsp3) is 0.0833. The number of nitro benzene ring substituents is 1. The Morgan fingerprint density at radius 2 is 1.88 bits per heavy atom. The van der Waals surface area contributed by atoms with Crippen LogP contribution in [0.15, 0.2) is 66.2 Å². The summed E-state index contributed by atoms with van der Waals surface area (Å²) in [6.07, 6.45) is 1.43. The molecule has 2 N–H and O–H groups in total. The minimum atomic E-state index is -0.597. The zero-order valence-corrected chi connectivity index (χ0v) is 20.0. The van der Waals surface area contributed by atoms with Crippen LogP contribution in [0.4, 0.5) is 11.4 Å². The predicted octanol–water partition coefficient (Wildman–Crippen LogP) is 5.04. The Bertz CT molecular complexity index is 1280. The molecule has 0 aliphatic carbocycles. The van der Waals surface area contributed by atoms with Gasteiger partial charge in [-0.1, -0.05) is 0 Å². The third-order valence-corrected chi connectivity index (χ3v) is 5.38. The Kier molecular flexibility index (Phi) is 8.05. The number of hydrogen-bond acceptors (Lipinski definition) is 7. The Labute approximate surface area is 208 Å². The third-order valence-electron chi connectivity index (χ3n) is 4.58. The number of halogens is 1. The smallest absolute Gasteiger partial charge is 0.269 e. The van der Waals surface area contributed by atoms with Gasteiger partial charge in [-0.15, -0.1) is 0 Å². The summed E-state index contributed by atoms with van der Waals surface area (Å²) in [5.74, 6) is 0.328. The molecule has 172 valence electrons. The molecule has 0 saturated carbocycles. The van der Waals surface area contributed by atoms with E-state index in [1.807, 2.05) is 6.07 Å². The molecule has 0 heterocycles. The summed E-state index contributed by atoms with van der Waals surface area (Å²) in [6, 6.07) is 17.2. The number of benzene rings is 3. The van der Waals surface area contributed by atoms with E-state index in [-0.39, 0.29) is 23.6 Å². The topological polar surface area (TPSA) is 135 Å². The summed E-state index contributed by atoms with van der Waals surface area (Å²) in [7, 11) is 1.47. The van der Waals surface area contributed by atoms with Crippen LogP contribution in [-0.2, 0) is 11.4 Å². The molecule has 0 bridgehead atoms. The SMILES string of the molecule is COc1cc(/C=C(/C#N)C(=O)Nc2ccc(O)cc2)cc(I)c1OCc1ccc([N+](=O)[O-])cc1. The molecule has 34 heavy (non-hydrogen) atoms. The average molecular weight is 571 g/mol. The van der Waals surface area contributed by atoms with Gasteiger partial charge in [0.1, 0.15) is 24.0 Å². The molecule has 1 amide bonds. The van der Waals surface area contributed by atoms with Crippen LogP contribution in [-0.4, -0.2) is 23.0 Å². The molecular formula is C24H18IN3O6. The number of nitriles is 1. The second kappa shape index (κ2) is 11.2. The first-order chi connectivity index (χ1) is 16.3. The molecule has 0 saturated heterocycles. The predicted molar refractivity (Wildman–Crippen MR) is 133 cm³/mol. The van der Waals surface area contributed by atoms with Crippen LogP contribution in [0.5, 0.6) is 17.2 Å². The van der Waals surface area contributed by atoms with E-state index in [0.29, 0.717) is 26.3 Å². The van der Waals surface area contributed by atoms with Crippen molar-refractivity contribution in [2.45, 2.75) is 6.61 Å². The molecule has 0 unspecified atom stereocenters. The maximum Gasteiger partial charge on any atom is 0.269 e. The van der Waals surface area contributed by atoms with Gasteiger partial charge in [0.05, 0.1) is 15.6 Å². The number of nitrogens with one attached hydrogen (secondary N) is 1. The number of phenolic OH excluding ortho intramolecular Hbond substituents is 1. The van der Waals surface area contributed by atoms with E-state index in [2.05, 4.69) is 27.9 Å². The first-order valence-electron chi connectivity index (χ1n) is 9.76. The highest BCUT2D eigenvalue weighted by atomic mass is 127. The molecule has 3 aromatic carbocycles. The number of methoxy groups -OCH3 is 1. The van der Waals surface area contributed by atoms with Crippen LogP contribution < -0.4 is 14.8 Å². The van der Waals surface area contributed by atoms with Crippen LogP contribution in [0, 0.1) is 25.0 Å². The quantitative estimate of drug-likeness (QED) is 0.0967. The second-order valence-electron chi connectivity index (χ2n) is 6.92. The number of amides is 1. The van der Waals surface area contributed by atoms with Gasteiger partial charge >= 0.3 is 0 Å². The van der Waals surface area contributed by atoms with Crippen molar-refractivity contribution in [3.63, 3.8) is 0 Å². The number of hydrogen-bond donors (Lipinski definition) is 2. The number of carbonyl (C=O) groups is 1. The van der Waals surface area contributed by atoms with Gasteiger partial charge in [0.25, 0.3) is 11.6 Å². The van der Waals surface area contributed by atoms with Gasteiger partial charge in [-0.3, -0.25) is 14.9 Å². The molecule has 0 aromatic heterocycles. The summed E-state index contributed by atoms with van der Waals surface area (Å²) < 4.78 is 12.0. The van der Waals surface area contributed by atoms with Crippen LogP contribution >= 0.6 is 22.6 Å². The number of nitro groups is 1. The van der Waals surface area contributed by atoms with E-state index in [1.165, 1.54) is 49.6 Å². The highest BCUT2D eigenvalue weighted by Crippen LogP contribution is 2.35. The molecule has 9 nitrogen and oxygen atoms in total. The van der Waals surface area contributed by atoms with Gasteiger partial charge in [0.15, 0.2) is 11.5 Å². The summed E-state index contributed by atoms with van der Waals surface area (Å²) in [5, 5.41) is 32.2. The monoisotopic (exact) mass is 571 g/mol. The standard InChI is InChI=1S/C24H18IN3O6/c1-33-22-12-16(10-17(13-26)24(30)27-18-4-8-20(29)9-5-18)11-21(25)23(22)34-14-15-2-6-19(7-3-15)28(31)32/h2-12,29H,14H2,1H3,(H,27,30)/b17-10-. The van der Waals surface area contributed by atoms with E-state index in [9.17, 15) is 25.3 Å². The second-order valence-corrected chi connectivity index (χ2v) is 8.08. The molecule has 3 aromatic rings. The van der Waals surface area contributed by atoms with E-state index < -0.39 is 10.8 Å². The number of non-ortho nitro benzene ring substituents is 1. The first kappa shape index (κ1) is 24.5. The zero-order valence-electron chi connectivity index (χ0n) is 17.8. The van der Waals surface area contributed by atoms with Gasteiger partial charge in [-0.25, -0.2) is 0 Å². The molecule has 10 heteroatoms. The normalized spacial score (nSPS) is 10.8. The van der Waals surface area contributed by atoms with Crippen molar-refractivity contribution in [1.82, 2.24) is 0 Å². The van der Waals surface area contributed by atoms with Crippen molar-refractivity contribution in [1.29, 1.82) is 5.26 Å². The zero-order chi connectivity index (χ0) is 24.7. The molecule has 0 aliphatic heterocycles. The van der Waals surface area contributed by atoms with Gasteiger partial charge in [-0.2, -0.15) is 5.26 Å². The summed E-state index contributed by atoms with van der Waals surface area (Å²) in [5.41, 5.74) is 1.61. The van der Waals surface area contributed by atoms with Crippen molar-refractivity contribution >= 4 is 45.9 Å². The lowest BCUT2D eigenvalue weighted by atomic mass is 10.1. The molecular weight excluding hydrogens is 553 g/mol. The number of anilines is 1. The Balaban J connectivity index is 1.78. The fourth-order valence-corrected chi connectivity index (χ4v) is 3.67. The fourth-order valence-electron chi connectivity index (χ4n) is 2.89. The van der Waals surface area contributed by atoms with Crippen molar-refractivity contribution < 1.29 is 24.3 Å². The van der Waals surface area contributed by atoms with Gasteiger partial charge < -0.3 is 19.9 Å². The summed E-state index contributed by atoms with van der Waals surface area (Å²) in [6.45, 7) is 0.165. The molecule has 0 spiro atoms. The highest BCUT2D eigenvalue weighted by molar-refractivity contribution is 14.1. The Morgan fingerprint density at radius 3 is 2.47 bits per heavy atom. The number of rotatable bonds is 8. The maximum absolute atomic E-state index is 12.5. The van der Waals surface area contributed by atoms with Gasteiger partial charge in [-0.05, 0) is 88.3 Å². The number of phenols is 1. The Morgan fingerprint density at radius 1 is 1.21 bits per heavy atom. The van der Waals surface area contributed by atoms with Gasteiger partial charge in [0.2, 0.25) is 0 Å². The number of carbonyl (C=O) groups excluding carboxylic acids is 1. The lowest BCUT2D eigenvalue weighted by Crippen LogP contribution is -2.13. The van der Waals surface area contributed by atoms with Crippen LogP contribution in [0.25, 0.3) is 6.08 Å². The lowest BCUT2D eigenvalue weighted by molar-refractivity contribution is -0.384. The van der Waals surface area contributed by atoms with Crippen LogP contribution in [0.2, 0.25) is 0 Å². The largest absolute Gasteiger partial charge is 0.508 e. The molecule has 0 atom stereocenters. The molecule has 3 rings (SSSR count). The third kappa shape index (κ3) is 6.23. The molecule has 0 fully saturated rings. The van der Waals surface area contributed by atoms with Crippen LogP contribution in [0.1, 0.15) is 11.1 Å². The summed E-state index contributed by atoms with van der Waals surface area (Å²) >= 11 is 2.06. The van der Waals surface area contributed by atoms with E-state index >= 15 is 0 Å². The Hall–Kier alpha value is -4.11. The number of nitrogens with zero attached hydrogens (tertiary/aromatic N) is 2. The van der Waals surface area contributed by atoms with E-state index in [1.54, 1.807) is 24.3 Å². The minimum Gasteiger partial charge on any atom is -0.508 e. The van der Waals surface area contributed by atoms with E-state index in [0.717, 1.165) is 5.56 Å².